The number of carbonyl (C=O) groups is 1. The quantitative estimate of drug-likeness (QED) is 0.201. The second-order valence-corrected chi connectivity index (χ2v) is 11.2. The smallest absolute Gasteiger partial charge is 0.308 e. The number of nitrogens with one attached hydrogen (secondary N) is 3. The summed E-state index contributed by atoms with van der Waals surface area (Å²) >= 11 is 6.67. The van der Waals surface area contributed by atoms with Crippen LogP contribution in [0.1, 0.15) is 5.56 Å². The highest BCUT2D eigenvalue weighted by atomic mass is 35.5. The molecule has 0 atom stereocenters. The van der Waals surface area contributed by atoms with Gasteiger partial charge in [0.1, 0.15) is 0 Å². The maximum absolute atomic E-state index is 13.1. The standard InChI is InChI=1S/C25H16ClF3N4O3S2/c26-20-9-6-16(12-19(20)25(27,28)29)30-23(34)31-17-7-10-21-22(13-17)37-24(32-21)33-38(35,36)18-8-5-14-3-1-2-4-15(14)11-18/h1-13H,(H,32,33)(H2,30,31,34). The number of urea groups is 1. The van der Waals surface area contributed by atoms with Crippen LogP contribution >= 0.6 is 22.9 Å². The Morgan fingerprint density at radius 3 is 2.29 bits per heavy atom. The van der Waals surface area contributed by atoms with Gasteiger partial charge in [-0.1, -0.05) is 53.3 Å². The minimum absolute atomic E-state index is 0.0883. The lowest BCUT2D eigenvalue weighted by Gasteiger charge is -2.12. The van der Waals surface area contributed by atoms with Gasteiger partial charge in [0.2, 0.25) is 0 Å². The van der Waals surface area contributed by atoms with Crippen molar-refractivity contribution in [3.63, 3.8) is 0 Å². The molecule has 0 bridgehead atoms. The molecular formula is C25H16ClF3N4O3S2. The van der Waals surface area contributed by atoms with Gasteiger partial charge >= 0.3 is 12.2 Å². The van der Waals surface area contributed by atoms with E-state index in [1.807, 2.05) is 24.3 Å². The van der Waals surface area contributed by atoms with Crippen molar-refractivity contribution in [2.75, 3.05) is 15.4 Å². The summed E-state index contributed by atoms with van der Waals surface area (Å²) in [5, 5.41) is 6.21. The minimum Gasteiger partial charge on any atom is -0.308 e. The number of thiazole rings is 1. The first-order valence-electron chi connectivity index (χ1n) is 10.8. The number of hydrogen-bond donors (Lipinski definition) is 3. The van der Waals surface area contributed by atoms with E-state index in [1.54, 1.807) is 24.3 Å². The van der Waals surface area contributed by atoms with Crippen LogP contribution in [0.4, 0.5) is 34.5 Å². The predicted molar refractivity (Wildman–Crippen MR) is 143 cm³/mol. The number of anilines is 3. The molecule has 0 aliphatic carbocycles. The molecule has 0 saturated carbocycles. The SMILES string of the molecule is O=C(Nc1ccc(Cl)c(C(F)(F)F)c1)Nc1ccc2nc(NS(=O)(=O)c3ccc4ccccc4c3)sc2c1. The molecule has 0 spiro atoms. The number of carbonyl (C=O) groups excluding carboxylic acids is 1. The average molecular weight is 577 g/mol. The van der Waals surface area contributed by atoms with Crippen LogP contribution in [0.25, 0.3) is 21.0 Å². The molecule has 194 valence electrons. The first kappa shape index (κ1) is 25.8. The fourth-order valence-corrected chi connectivity index (χ4v) is 6.07. The maximum atomic E-state index is 13.1. The summed E-state index contributed by atoms with van der Waals surface area (Å²) in [6.07, 6.45) is -4.67. The van der Waals surface area contributed by atoms with E-state index in [4.69, 9.17) is 11.6 Å². The third-order valence-electron chi connectivity index (χ3n) is 5.43. The zero-order valence-corrected chi connectivity index (χ0v) is 21.4. The van der Waals surface area contributed by atoms with Crippen molar-refractivity contribution in [3.8, 4) is 0 Å². The Kier molecular flexibility index (Phi) is 6.63. The molecule has 38 heavy (non-hydrogen) atoms. The van der Waals surface area contributed by atoms with Crippen molar-refractivity contribution in [2.45, 2.75) is 11.1 Å². The van der Waals surface area contributed by atoms with Crippen LogP contribution in [0, 0.1) is 0 Å². The molecule has 1 heterocycles. The summed E-state index contributed by atoms with van der Waals surface area (Å²) in [5.74, 6) is 0. The van der Waals surface area contributed by atoms with E-state index in [2.05, 4.69) is 20.3 Å². The van der Waals surface area contributed by atoms with Crippen LogP contribution < -0.4 is 15.4 Å². The Morgan fingerprint density at radius 1 is 0.868 bits per heavy atom. The van der Waals surface area contributed by atoms with Crippen molar-refractivity contribution in [1.29, 1.82) is 0 Å². The van der Waals surface area contributed by atoms with E-state index in [1.165, 1.54) is 18.2 Å². The van der Waals surface area contributed by atoms with Gasteiger partial charge < -0.3 is 10.6 Å². The Bertz CT molecular complexity index is 1810. The molecule has 7 nitrogen and oxygen atoms in total. The van der Waals surface area contributed by atoms with Crippen LogP contribution in [0.5, 0.6) is 0 Å². The van der Waals surface area contributed by atoms with Crippen LogP contribution in [0.2, 0.25) is 5.02 Å². The predicted octanol–water partition coefficient (Wildman–Crippen LogP) is 7.57. The second-order valence-electron chi connectivity index (χ2n) is 8.09. The number of aromatic nitrogens is 1. The van der Waals surface area contributed by atoms with Gasteiger partial charge in [0.25, 0.3) is 10.0 Å². The molecule has 0 fully saturated rings. The molecule has 0 unspecified atom stereocenters. The minimum atomic E-state index is -4.67. The zero-order chi connectivity index (χ0) is 27.1. The van der Waals surface area contributed by atoms with E-state index < -0.39 is 32.8 Å². The Hall–Kier alpha value is -3.87. The van der Waals surface area contributed by atoms with Gasteiger partial charge in [-0.3, -0.25) is 4.72 Å². The average Bonchev–Trinajstić information content (AvgIpc) is 3.25. The molecule has 1 aromatic heterocycles. The van der Waals surface area contributed by atoms with Crippen molar-refractivity contribution in [2.24, 2.45) is 0 Å². The molecule has 0 radical (unpaired) electrons. The van der Waals surface area contributed by atoms with Crippen LogP contribution in [0.15, 0.2) is 83.8 Å². The van der Waals surface area contributed by atoms with Crippen LogP contribution in [-0.2, 0) is 16.2 Å². The summed E-state index contributed by atoms with van der Waals surface area (Å²) < 4.78 is 68.1. The molecule has 0 aliphatic heterocycles. The lowest BCUT2D eigenvalue weighted by Crippen LogP contribution is -2.19. The summed E-state index contributed by atoms with van der Waals surface area (Å²) in [6.45, 7) is 0. The lowest BCUT2D eigenvalue weighted by atomic mass is 10.1. The number of halogens is 4. The molecule has 5 rings (SSSR count). The number of alkyl halides is 3. The first-order chi connectivity index (χ1) is 18.0. The first-order valence-corrected chi connectivity index (χ1v) is 13.5. The Balaban J connectivity index is 1.31. The van der Waals surface area contributed by atoms with Gasteiger partial charge in [-0.25, -0.2) is 18.2 Å². The molecular weight excluding hydrogens is 561 g/mol. The fraction of sp³-hybridized carbons (Fsp3) is 0.0400. The molecule has 4 aromatic carbocycles. The van der Waals surface area contributed by atoms with E-state index in [-0.39, 0.29) is 15.7 Å². The zero-order valence-electron chi connectivity index (χ0n) is 19.0. The number of benzene rings is 4. The van der Waals surface area contributed by atoms with E-state index in [9.17, 15) is 26.4 Å². The van der Waals surface area contributed by atoms with Gasteiger partial charge in [-0.2, -0.15) is 13.2 Å². The molecule has 13 heteroatoms. The monoisotopic (exact) mass is 576 g/mol. The molecule has 3 N–H and O–H groups in total. The summed E-state index contributed by atoms with van der Waals surface area (Å²) in [7, 11) is -3.90. The highest BCUT2D eigenvalue weighted by Gasteiger charge is 2.33. The number of amides is 2. The lowest BCUT2D eigenvalue weighted by molar-refractivity contribution is -0.137. The number of sulfonamides is 1. The van der Waals surface area contributed by atoms with Gasteiger partial charge in [0, 0.05) is 11.4 Å². The number of rotatable bonds is 5. The van der Waals surface area contributed by atoms with Crippen molar-refractivity contribution < 1.29 is 26.4 Å². The van der Waals surface area contributed by atoms with Gasteiger partial charge in [-0.05, 0) is 59.3 Å². The summed E-state index contributed by atoms with van der Waals surface area (Å²) in [6, 6.07) is 19.1. The molecule has 2 amide bonds. The van der Waals surface area contributed by atoms with E-state index >= 15 is 0 Å². The highest BCUT2D eigenvalue weighted by Crippen LogP contribution is 2.36. The highest BCUT2D eigenvalue weighted by molar-refractivity contribution is 7.93. The van der Waals surface area contributed by atoms with Gasteiger partial charge in [0.15, 0.2) is 5.13 Å². The van der Waals surface area contributed by atoms with Gasteiger partial charge in [-0.15, -0.1) is 0 Å². The largest absolute Gasteiger partial charge is 0.417 e. The van der Waals surface area contributed by atoms with Crippen molar-refractivity contribution in [1.82, 2.24) is 4.98 Å². The topological polar surface area (TPSA) is 100 Å². The number of nitrogens with zero attached hydrogens (tertiary/aromatic N) is 1. The van der Waals surface area contributed by atoms with Crippen LogP contribution in [-0.4, -0.2) is 19.4 Å². The molecule has 5 aromatic rings. The van der Waals surface area contributed by atoms with Gasteiger partial charge in [0.05, 0.1) is 25.7 Å². The Labute approximate surface area is 223 Å². The number of hydrogen-bond acceptors (Lipinski definition) is 5. The van der Waals surface area contributed by atoms with E-state index in [0.29, 0.717) is 15.9 Å². The van der Waals surface area contributed by atoms with Crippen molar-refractivity contribution in [3.05, 3.63) is 89.4 Å². The molecule has 0 aliphatic rings. The summed E-state index contributed by atoms with van der Waals surface area (Å²) in [5.41, 5.74) is -0.345. The Morgan fingerprint density at radius 2 is 1.55 bits per heavy atom. The summed E-state index contributed by atoms with van der Waals surface area (Å²) in [4.78, 5) is 16.8. The third-order valence-corrected chi connectivity index (χ3v) is 8.16. The fourth-order valence-electron chi connectivity index (χ4n) is 3.67. The van der Waals surface area contributed by atoms with Crippen LogP contribution in [0.3, 0.4) is 0 Å². The number of fused-ring (bicyclic) bond motifs is 2. The normalized spacial score (nSPS) is 12.0. The second kappa shape index (κ2) is 9.78. The third kappa shape index (κ3) is 5.52. The van der Waals surface area contributed by atoms with Crippen molar-refractivity contribution >= 4 is 76.5 Å². The molecule has 0 saturated heterocycles. The van der Waals surface area contributed by atoms with E-state index in [0.717, 1.165) is 34.2 Å². The maximum Gasteiger partial charge on any atom is 0.417 e.